The van der Waals surface area contributed by atoms with Crippen molar-refractivity contribution in [2.45, 2.75) is 18.7 Å². The first-order chi connectivity index (χ1) is 16.3. The number of carbonyl (C=O) groups excluding carboxylic acids is 1. The number of rotatable bonds is 8. The molecule has 3 aromatic rings. The maximum absolute atomic E-state index is 12.7. The average molecular weight is 556 g/mol. The Balaban J connectivity index is 1.74. The quantitative estimate of drug-likeness (QED) is 0.413. The van der Waals surface area contributed by atoms with Gasteiger partial charge in [0, 0.05) is 11.4 Å². The maximum Gasteiger partial charge on any atom is 0.261 e. The van der Waals surface area contributed by atoms with E-state index in [9.17, 15) is 21.6 Å². The third-order valence-corrected chi connectivity index (χ3v) is 8.43. The number of hydrogen-bond donors (Lipinski definition) is 2. The van der Waals surface area contributed by atoms with Gasteiger partial charge in [-0.3, -0.25) is 13.8 Å². The molecule has 0 heterocycles. The normalized spacial score (nSPS) is 11.7. The van der Waals surface area contributed by atoms with Crippen LogP contribution in [-0.4, -0.2) is 35.5 Å². The van der Waals surface area contributed by atoms with Gasteiger partial charge in [-0.25, -0.2) is 16.8 Å². The van der Waals surface area contributed by atoms with Crippen molar-refractivity contribution in [2.75, 3.05) is 27.1 Å². The monoisotopic (exact) mass is 555 g/mol. The molecule has 0 aliphatic carbocycles. The van der Waals surface area contributed by atoms with Crippen molar-refractivity contribution >= 4 is 66.2 Å². The van der Waals surface area contributed by atoms with E-state index < -0.39 is 32.5 Å². The van der Waals surface area contributed by atoms with Gasteiger partial charge in [0.05, 0.1) is 26.9 Å². The molecule has 0 spiro atoms. The van der Waals surface area contributed by atoms with Crippen molar-refractivity contribution in [1.29, 1.82) is 0 Å². The van der Waals surface area contributed by atoms with E-state index in [1.165, 1.54) is 42.5 Å². The van der Waals surface area contributed by atoms with Gasteiger partial charge in [-0.05, 0) is 73.5 Å². The Kier molecular flexibility index (Phi) is 8.00. The van der Waals surface area contributed by atoms with Crippen molar-refractivity contribution in [3.8, 4) is 0 Å². The zero-order chi connectivity index (χ0) is 26.0. The Morgan fingerprint density at radius 1 is 0.886 bits per heavy atom. The maximum atomic E-state index is 12.7. The lowest BCUT2D eigenvalue weighted by atomic mass is 10.1. The molecule has 0 saturated heterocycles. The van der Waals surface area contributed by atoms with Gasteiger partial charge in [-0.2, -0.15) is 0 Å². The summed E-state index contributed by atoms with van der Waals surface area (Å²) in [5.41, 5.74) is 2.78. The first-order valence-electron chi connectivity index (χ1n) is 10.2. The molecule has 8 nitrogen and oxygen atoms in total. The minimum atomic E-state index is -3.86. The minimum absolute atomic E-state index is 0.00165. The highest BCUT2D eigenvalue weighted by atomic mass is 35.5. The third kappa shape index (κ3) is 6.66. The summed E-state index contributed by atoms with van der Waals surface area (Å²) in [5.74, 6) is -0.657. The number of carbonyl (C=O) groups is 1. The molecule has 0 aromatic heterocycles. The summed E-state index contributed by atoms with van der Waals surface area (Å²) in [6, 6.07) is 15.2. The van der Waals surface area contributed by atoms with E-state index >= 15 is 0 Å². The molecule has 0 saturated carbocycles. The molecule has 35 heavy (non-hydrogen) atoms. The van der Waals surface area contributed by atoms with Crippen LogP contribution in [0.15, 0.2) is 65.6 Å². The molecule has 0 aliphatic rings. The average Bonchev–Trinajstić information content (AvgIpc) is 2.76. The summed E-state index contributed by atoms with van der Waals surface area (Å²) >= 11 is 12.1. The summed E-state index contributed by atoms with van der Waals surface area (Å²) in [4.78, 5) is 12.6. The smallest absolute Gasteiger partial charge is 0.261 e. The van der Waals surface area contributed by atoms with Crippen molar-refractivity contribution in [3.63, 3.8) is 0 Å². The first-order valence-corrected chi connectivity index (χ1v) is 14.3. The first kappa shape index (κ1) is 26.8. The molecule has 186 valence electrons. The van der Waals surface area contributed by atoms with Crippen LogP contribution in [0.1, 0.15) is 11.1 Å². The highest BCUT2D eigenvalue weighted by molar-refractivity contribution is 7.92. The van der Waals surface area contributed by atoms with E-state index in [0.29, 0.717) is 5.69 Å². The van der Waals surface area contributed by atoms with Crippen LogP contribution in [0.3, 0.4) is 0 Å². The van der Waals surface area contributed by atoms with Crippen molar-refractivity contribution in [2.24, 2.45) is 0 Å². The number of nitrogens with zero attached hydrogens (tertiary/aromatic N) is 1. The Morgan fingerprint density at radius 3 is 2.11 bits per heavy atom. The van der Waals surface area contributed by atoms with Crippen LogP contribution in [0.2, 0.25) is 10.0 Å². The molecular weight excluding hydrogens is 533 g/mol. The van der Waals surface area contributed by atoms with Crippen LogP contribution in [0.25, 0.3) is 0 Å². The van der Waals surface area contributed by atoms with E-state index in [1.54, 1.807) is 12.1 Å². The van der Waals surface area contributed by atoms with Crippen molar-refractivity contribution < 1.29 is 21.6 Å². The zero-order valence-corrected chi connectivity index (χ0v) is 22.2. The van der Waals surface area contributed by atoms with Gasteiger partial charge < -0.3 is 5.32 Å². The summed E-state index contributed by atoms with van der Waals surface area (Å²) in [7, 11) is -7.71. The number of sulfonamides is 2. The van der Waals surface area contributed by atoms with Gasteiger partial charge in [0.15, 0.2) is 0 Å². The topological polar surface area (TPSA) is 113 Å². The Labute approximate surface area is 215 Å². The summed E-state index contributed by atoms with van der Waals surface area (Å²) in [6.45, 7) is 3.25. The molecular formula is C23H23Cl2N3O5S2. The van der Waals surface area contributed by atoms with Crippen molar-refractivity contribution in [3.05, 3.63) is 81.8 Å². The summed E-state index contributed by atoms with van der Waals surface area (Å²) in [6.07, 6.45) is 0.944. The van der Waals surface area contributed by atoms with Crippen LogP contribution >= 0.6 is 23.2 Å². The second-order valence-corrected chi connectivity index (χ2v) is 12.2. The third-order valence-electron chi connectivity index (χ3n) is 5.09. The van der Waals surface area contributed by atoms with E-state index in [4.69, 9.17) is 23.2 Å². The highest BCUT2D eigenvalue weighted by Gasteiger charge is 2.24. The molecule has 3 rings (SSSR count). The van der Waals surface area contributed by atoms with Gasteiger partial charge in [0.1, 0.15) is 6.54 Å². The van der Waals surface area contributed by atoms with Crippen molar-refractivity contribution in [1.82, 2.24) is 0 Å². The second-order valence-electron chi connectivity index (χ2n) is 7.82. The molecule has 0 unspecified atom stereocenters. The van der Waals surface area contributed by atoms with Gasteiger partial charge in [0.2, 0.25) is 15.9 Å². The molecule has 2 N–H and O–H groups in total. The predicted octanol–water partition coefficient (Wildman–Crippen LogP) is 4.82. The predicted molar refractivity (Wildman–Crippen MR) is 140 cm³/mol. The van der Waals surface area contributed by atoms with Crippen LogP contribution in [0, 0.1) is 13.8 Å². The van der Waals surface area contributed by atoms with Crippen LogP contribution in [0.5, 0.6) is 0 Å². The number of nitrogens with one attached hydrogen (secondary N) is 2. The highest BCUT2D eigenvalue weighted by Crippen LogP contribution is 2.33. The fourth-order valence-electron chi connectivity index (χ4n) is 3.13. The fraction of sp³-hybridized carbons (Fsp3) is 0.174. The molecule has 0 radical (unpaired) electrons. The Morgan fingerprint density at radius 2 is 1.51 bits per heavy atom. The Hall–Kier alpha value is -2.79. The van der Waals surface area contributed by atoms with E-state index in [-0.39, 0.29) is 26.3 Å². The van der Waals surface area contributed by atoms with Gasteiger partial charge in [0.25, 0.3) is 10.0 Å². The molecule has 0 bridgehead atoms. The molecule has 0 atom stereocenters. The minimum Gasteiger partial charge on any atom is -0.325 e. The fourth-order valence-corrected chi connectivity index (χ4v) is 5.49. The lowest BCUT2D eigenvalue weighted by Crippen LogP contribution is -2.37. The van der Waals surface area contributed by atoms with Gasteiger partial charge >= 0.3 is 0 Å². The number of amides is 1. The Bertz CT molecular complexity index is 1480. The van der Waals surface area contributed by atoms with Gasteiger partial charge in [-0.15, -0.1) is 0 Å². The van der Waals surface area contributed by atoms with Gasteiger partial charge in [-0.1, -0.05) is 35.3 Å². The molecule has 1 amide bonds. The lowest BCUT2D eigenvalue weighted by Gasteiger charge is -2.23. The molecule has 3 aromatic carbocycles. The van der Waals surface area contributed by atoms with Crippen LogP contribution in [-0.2, 0) is 24.8 Å². The molecule has 0 aliphatic heterocycles. The molecule has 0 fully saturated rings. The second kappa shape index (κ2) is 10.4. The number of halogens is 2. The number of aryl methyl sites for hydroxylation is 2. The standard InChI is InChI=1S/C23H23Cl2N3O5S2/c1-15-7-8-18(13-16(15)2)27-35(32,33)19-11-9-17(10-12-19)26-22(29)14-28(34(3,30)31)21-6-4-5-20(24)23(21)25/h4-13,27H,14H2,1-3H3,(H,26,29). The number of anilines is 3. The van der Waals surface area contributed by atoms with Crippen LogP contribution < -0.4 is 14.3 Å². The van der Waals surface area contributed by atoms with E-state index in [2.05, 4.69) is 10.0 Å². The molecule has 12 heteroatoms. The number of hydrogen-bond acceptors (Lipinski definition) is 5. The van der Waals surface area contributed by atoms with E-state index in [0.717, 1.165) is 21.7 Å². The largest absolute Gasteiger partial charge is 0.325 e. The zero-order valence-electron chi connectivity index (χ0n) is 19.0. The lowest BCUT2D eigenvalue weighted by molar-refractivity contribution is -0.114. The van der Waals surface area contributed by atoms with E-state index in [1.807, 2.05) is 19.9 Å². The summed E-state index contributed by atoms with van der Waals surface area (Å²) in [5, 5.41) is 2.70. The number of benzene rings is 3. The summed E-state index contributed by atoms with van der Waals surface area (Å²) < 4.78 is 53.4. The van der Waals surface area contributed by atoms with Crippen LogP contribution in [0.4, 0.5) is 17.1 Å². The SMILES string of the molecule is Cc1ccc(NS(=O)(=O)c2ccc(NC(=O)CN(c3cccc(Cl)c3Cl)S(C)(=O)=O)cc2)cc1C.